The van der Waals surface area contributed by atoms with Crippen molar-refractivity contribution in [2.24, 2.45) is 0 Å². The third-order valence-electron chi connectivity index (χ3n) is 2.69. The van der Waals surface area contributed by atoms with Crippen molar-refractivity contribution in [1.82, 2.24) is 4.98 Å². The molecule has 1 aromatic carbocycles. The van der Waals surface area contributed by atoms with Gasteiger partial charge in [0.15, 0.2) is 0 Å². The maximum atomic E-state index is 5.52. The molecule has 4 heteroatoms. The third kappa shape index (κ3) is 3.38. The van der Waals surface area contributed by atoms with E-state index in [-0.39, 0.29) is 0 Å². The Morgan fingerprint density at radius 1 is 1.17 bits per heavy atom. The van der Waals surface area contributed by atoms with Gasteiger partial charge >= 0.3 is 0 Å². The Morgan fingerprint density at radius 3 is 2.56 bits per heavy atom. The van der Waals surface area contributed by atoms with Crippen LogP contribution in [0.4, 0.5) is 11.5 Å². The Balaban J connectivity index is 1.82. The summed E-state index contributed by atoms with van der Waals surface area (Å²) in [5.41, 5.74) is 7.78. The molecule has 0 spiro atoms. The molecule has 0 saturated carbocycles. The topological polar surface area (TPSA) is 60.2 Å². The van der Waals surface area contributed by atoms with Gasteiger partial charge in [0.2, 0.25) is 0 Å². The standard InChI is InChI=1S/C14H17N3O/c1-18-13-5-2-11(3-6-13)8-9-16-12-4-7-14(15)17-10-12/h2-7,10,16H,8-9H2,1H3,(H2,15,17). The monoisotopic (exact) mass is 243 g/mol. The summed E-state index contributed by atoms with van der Waals surface area (Å²) < 4.78 is 5.12. The van der Waals surface area contributed by atoms with Gasteiger partial charge in [-0.15, -0.1) is 0 Å². The van der Waals surface area contributed by atoms with Gasteiger partial charge < -0.3 is 15.8 Å². The second-order valence-corrected chi connectivity index (χ2v) is 4.00. The summed E-state index contributed by atoms with van der Waals surface area (Å²) in [4.78, 5) is 4.03. The lowest BCUT2D eigenvalue weighted by Crippen LogP contribution is -2.05. The Bertz CT molecular complexity index is 479. The highest BCUT2D eigenvalue weighted by Gasteiger charge is 1.96. The van der Waals surface area contributed by atoms with Gasteiger partial charge in [-0.2, -0.15) is 0 Å². The van der Waals surface area contributed by atoms with Crippen molar-refractivity contribution in [3.63, 3.8) is 0 Å². The molecule has 0 unspecified atom stereocenters. The van der Waals surface area contributed by atoms with Crippen LogP contribution in [-0.2, 0) is 6.42 Å². The van der Waals surface area contributed by atoms with E-state index >= 15 is 0 Å². The van der Waals surface area contributed by atoms with E-state index in [4.69, 9.17) is 10.5 Å². The van der Waals surface area contributed by atoms with Crippen molar-refractivity contribution in [1.29, 1.82) is 0 Å². The summed E-state index contributed by atoms with van der Waals surface area (Å²) in [6.07, 6.45) is 2.69. The van der Waals surface area contributed by atoms with Crippen molar-refractivity contribution < 1.29 is 4.74 Å². The molecule has 1 aromatic heterocycles. The van der Waals surface area contributed by atoms with Crippen LogP contribution in [0.1, 0.15) is 5.56 Å². The number of nitrogens with two attached hydrogens (primary N) is 1. The van der Waals surface area contributed by atoms with E-state index in [0.717, 1.165) is 24.4 Å². The molecule has 94 valence electrons. The van der Waals surface area contributed by atoms with Crippen molar-refractivity contribution in [2.75, 3.05) is 24.7 Å². The number of ether oxygens (including phenoxy) is 1. The van der Waals surface area contributed by atoms with E-state index in [2.05, 4.69) is 22.4 Å². The lowest BCUT2D eigenvalue weighted by molar-refractivity contribution is 0.414. The van der Waals surface area contributed by atoms with Gasteiger partial charge in [-0.25, -0.2) is 4.98 Å². The molecule has 0 fully saturated rings. The van der Waals surface area contributed by atoms with Gasteiger partial charge in [0.1, 0.15) is 11.6 Å². The number of aromatic nitrogens is 1. The Morgan fingerprint density at radius 2 is 1.94 bits per heavy atom. The number of nitrogens with zero attached hydrogens (tertiary/aromatic N) is 1. The van der Waals surface area contributed by atoms with Crippen LogP contribution < -0.4 is 15.8 Å². The number of methoxy groups -OCH3 is 1. The first-order chi connectivity index (χ1) is 8.78. The molecule has 4 nitrogen and oxygen atoms in total. The van der Waals surface area contributed by atoms with Gasteiger partial charge in [-0.3, -0.25) is 0 Å². The molecule has 1 heterocycles. The van der Waals surface area contributed by atoms with E-state index in [1.54, 1.807) is 19.4 Å². The summed E-state index contributed by atoms with van der Waals surface area (Å²) in [7, 11) is 1.67. The minimum Gasteiger partial charge on any atom is -0.497 e. The van der Waals surface area contributed by atoms with Crippen LogP contribution in [0.5, 0.6) is 5.75 Å². The molecule has 0 amide bonds. The van der Waals surface area contributed by atoms with E-state index in [0.29, 0.717) is 5.82 Å². The molecule has 0 aliphatic heterocycles. The molecular weight excluding hydrogens is 226 g/mol. The fourth-order valence-corrected chi connectivity index (χ4v) is 1.65. The first kappa shape index (κ1) is 12.2. The quantitative estimate of drug-likeness (QED) is 0.846. The fourth-order valence-electron chi connectivity index (χ4n) is 1.65. The molecule has 0 atom stereocenters. The maximum absolute atomic E-state index is 5.52. The van der Waals surface area contributed by atoms with Gasteiger partial charge in [-0.05, 0) is 36.2 Å². The molecular formula is C14H17N3O. The summed E-state index contributed by atoms with van der Waals surface area (Å²) >= 11 is 0. The number of nitrogen functional groups attached to an aromatic ring is 1. The minimum absolute atomic E-state index is 0.538. The number of rotatable bonds is 5. The molecule has 0 aliphatic rings. The zero-order valence-corrected chi connectivity index (χ0v) is 10.4. The van der Waals surface area contributed by atoms with Crippen LogP contribution in [0.25, 0.3) is 0 Å². The van der Waals surface area contributed by atoms with Gasteiger partial charge in [0, 0.05) is 6.54 Å². The third-order valence-corrected chi connectivity index (χ3v) is 2.69. The average molecular weight is 243 g/mol. The van der Waals surface area contributed by atoms with Gasteiger partial charge in [-0.1, -0.05) is 12.1 Å². The largest absolute Gasteiger partial charge is 0.497 e. The zero-order valence-electron chi connectivity index (χ0n) is 10.4. The second kappa shape index (κ2) is 5.91. The van der Waals surface area contributed by atoms with Gasteiger partial charge in [0.05, 0.1) is 19.0 Å². The van der Waals surface area contributed by atoms with E-state index in [1.807, 2.05) is 18.2 Å². The Kier molecular flexibility index (Phi) is 4.02. The fraction of sp³-hybridized carbons (Fsp3) is 0.214. The highest BCUT2D eigenvalue weighted by atomic mass is 16.5. The normalized spacial score (nSPS) is 10.1. The zero-order chi connectivity index (χ0) is 12.8. The van der Waals surface area contributed by atoms with Crippen LogP contribution in [0.15, 0.2) is 42.6 Å². The van der Waals surface area contributed by atoms with E-state index < -0.39 is 0 Å². The predicted octanol–water partition coefficient (Wildman–Crippen LogP) is 2.33. The second-order valence-electron chi connectivity index (χ2n) is 4.00. The van der Waals surface area contributed by atoms with Crippen molar-refractivity contribution in [3.8, 4) is 5.75 Å². The summed E-state index contributed by atoms with van der Waals surface area (Å²) in [6, 6.07) is 11.8. The predicted molar refractivity (Wildman–Crippen MR) is 73.8 cm³/mol. The van der Waals surface area contributed by atoms with Crippen LogP contribution in [-0.4, -0.2) is 18.6 Å². The minimum atomic E-state index is 0.538. The van der Waals surface area contributed by atoms with Crippen LogP contribution in [0, 0.1) is 0 Å². The molecule has 0 aliphatic carbocycles. The van der Waals surface area contributed by atoms with E-state index in [9.17, 15) is 0 Å². The number of hydrogen-bond acceptors (Lipinski definition) is 4. The lowest BCUT2D eigenvalue weighted by Gasteiger charge is -2.07. The van der Waals surface area contributed by atoms with E-state index in [1.165, 1.54) is 5.56 Å². The van der Waals surface area contributed by atoms with Crippen LogP contribution >= 0.6 is 0 Å². The van der Waals surface area contributed by atoms with Crippen molar-refractivity contribution >= 4 is 11.5 Å². The molecule has 18 heavy (non-hydrogen) atoms. The highest BCUT2D eigenvalue weighted by molar-refractivity contribution is 5.45. The van der Waals surface area contributed by atoms with Crippen LogP contribution in [0.3, 0.4) is 0 Å². The Hall–Kier alpha value is -2.23. The lowest BCUT2D eigenvalue weighted by atomic mass is 10.1. The molecule has 0 saturated heterocycles. The number of anilines is 2. The number of pyridine rings is 1. The molecule has 2 aromatic rings. The molecule has 0 bridgehead atoms. The van der Waals surface area contributed by atoms with Crippen molar-refractivity contribution in [2.45, 2.75) is 6.42 Å². The number of hydrogen-bond donors (Lipinski definition) is 2. The SMILES string of the molecule is COc1ccc(CCNc2ccc(N)nc2)cc1. The molecule has 2 rings (SSSR count). The van der Waals surface area contributed by atoms with Crippen molar-refractivity contribution in [3.05, 3.63) is 48.2 Å². The summed E-state index contributed by atoms with van der Waals surface area (Å²) in [5.74, 6) is 1.42. The summed E-state index contributed by atoms with van der Waals surface area (Å²) in [6.45, 7) is 0.859. The highest BCUT2D eigenvalue weighted by Crippen LogP contribution is 2.12. The maximum Gasteiger partial charge on any atom is 0.123 e. The number of benzene rings is 1. The number of nitrogens with one attached hydrogen (secondary N) is 1. The van der Waals surface area contributed by atoms with Gasteiger partial charge in [0.25, 0.3) is 0 Å². The first-order valence-corrected chi connectivity index (χ1v) is 5.86. The average Bonchev–Trinajstić information content (AvgIpc) is 2.42. The van der Waals surface area contributed by atoms with Crippen LogP contribution in [0.2, 0.25) is 0 Å². The smallest absolute Gasteiger partial charge is 0.123 e. The Labute approximate surface area is 107 Å². The summed E-state index contributed by atoms with van der Waals surface area (Å²) in [5, 5.41) is 3.30. The molecule has 0 radical (unpaired) electrons. The first-order valence-electron chi connectivity index (χ1n) is 5.86. The molecule has 3 N–H and O–H groups in total.